The molecule has 0 aliphatic heterocycles. The summed E-state index contributed by atoms with van der Waals surface area (Å²) in [5.74, 6) is 1.51. The summed E-state index contributed by atoms with van der Waals surface area (Å²) >= 11 is 2.99. The van der Waals surface area contributed by atoms with Crippen molar-refractivity contribution in [3.8, 4) is 0 Å². The smallest absolute Gasteiger partial charge is 0.230 e. The van der Waals surface area contributed by atoms with Crippen LogP contribution in [0.5, 0.6) is 0 Å². The molecule has 1 amide bonds. The first-order chi connectivity index (χ1) is 13.6. The highest BCUT2D eigenvalue weighted by molar-refractivity contribution is 7.99. The highest BCUT2D eigenvalue weighted by Crippen LogP contribution is 2.16. The van der Waals surface area contributed by atoms with Crippen LogP contribution in [-0.2, 0) is 11.2 Å². The van der Waals surface area contributed by atoms with E-state index < -0.39 is 0 Å². The van der Waals surface area contributed by atoms with E-state index in [4.69, 9.17) is 0 Å². The van der Waals surface area contributed by atoms with Gasteiger partial charge in [-0.1, -0.05) is 55.9 Å². The van der Waals surface area contributed by atoms with Crippen molar-refractivity contribution in [1.29, 1.82) is 0 Å². The minimum Gasteiger partial charge on any atom is -0.355 e. The van der Waals surface area contributed by atoms with E-state index in [1.54, 1.807) is 11.3 Å². The number of carbonyl (C=O) groups is 1. The van der Waals surface area contributed by atoms with Crippen molar-refractivity contribution in [2.75, 3.05) is 12.3 Å². The normalized spacial score (nSPS) is 11.4. The van der Waals surface area contributed by atoms with Crippen molar-refractivity contribution in [3.05, 3.63) is 63.6 Å². The topological polar surface area (TPSA) is 70.7 Å². The summed E-state index contributed by atoms with van der Waals surface area (Å²) < 4.78 is 0. The predicted octanol–water partition coefficient (Wildman–Crippen LogP) is 4.61. The molecular formula is C21H24N4OS2. The third kappa shape index (κ3) is 6.35. The summed E-state index contributed by atoms with van der Waals surface area (Å²) in [6.45, 7) is 5.00. The molecule has 2 aromatic heterocycles. The minimum atomic E-state index is -0.00993. The average Bonchev–Trinajstić information content (AvgIpc) is 3.37. The van der Waals surface area contributed by atoms with Gasteiger partial charge in [0, 0.05) is 11.4 Å². The second-order valence-corrected chi connectivity index (χ2v) is 8.56. The number of amides is 1. The van der Waals surface area contributed by atoms with Gasteiger partial charge >= 0.3 is 0 Å². The van der Waals surface area contributed by atoms with Gasteiger partial charge in [0.05, 0.1) is 5.75 Å². The molecule has 0 unspecified atom stereocenters. The van der Waals surface area contributed by atoms with Crippen molar-refractivity contribution in [2.24, 2.45) is 0 Å². The number of H-pyrrole nitrogens is 1. The molecule has 0 bridgehead atoms. The number of carbonyl (C=O) groups excluding carboxylic acids is 1. The lowest BCUT2D eigenvalue weighted by Crippen LogP contribution is -2.27. The lowest BCUT2D eigenvalue weighted by molar-refractivity contribution is -0.118. The number of aromatic amines is 1. The highest BCUT2D eigenvalue weighted by atomic mass is 32.2. The van der Waals surface area contributed by atoms with Crippen molar-refractivity contribution in [3.63, 3.8) is 0 Å². The number of benzene rings is 1. The molecule has 146 valence electrons. The van der Waals surface area contributed by atoms with Gasteiger partial charge in [0.15, 0.2) is 0 Å². The lowest BCUT2D eigenvalue weighted by atomic mass is 10.0. The molecule has 0 saturated carbocycles. The maximum absolute atomic E-state index is 12.0. The van der Waals surface area contributed by atoms with E-state index >= 15 is 0 Å². The largest absolute Gasteiger partial charge is 0.355 e. The van der Waals surface area contributed by atoms with Crippen LogP contribution in [0.4, 0.5) is 0 Å². The Labute approximate surface area is 173 Å². The summed E-state index contributed by atoms with van der Waals surface area (Å²) in [6, 6.07) is 12.6. The maximum Gasteiger partial charge on any atom is 0.230 e. The first-order valence-corrected chi connectivity index (χ1v) is 11.1. The molecule has 0 atom stereocenters. The summed E-state index contributed by atoms with van der Waals surface area (Å²) in [5, 5.41) is 12.6. The number of aromatic nitrogens is 3. The van der Waals surface area contributed by atoms with E-state index in [2.05, 4.69) is 58.6 Å². The Balaban J connectivity index is 1.37. The summed E-state index contributed by atoms with van der Waals surface area (Å²) in [5.41, 5.74) is 2.56. The Morgan fingerprint density at radius 3 is 2.79 bits per heavy atom. The van der Waals surface area contributed by atoms with Gasteiger partial charge in [-0.15, -0.1) is 16.4 Å². The van der Waals surface area contributed by atoms with Crippen molar-refractivity contribution in [2.45, 2.75) is 31.3 Å². The highest BCUT2D eigenvalue weighted by Gasteiger charge is 2.07. The van der Waals surface area contributed by atoms with E-state index in [-0.39, 0.29) is 5.91 Å². The van der Waals surface area contributed by atoms with E-state index in [1.165, 1.54) is 22.9 Å². The van der Waals surface area contributed by atoms with Crippen LogP contribution in [-0.4, -0.2) is 33.4 Å². The molecule has 1 aromatic carbocycles. The average molecular weight is 413 g/mol. The van der Waals surface area contributed by atoms with Crippen molar-refractivity contribution >= 4 is 41.2 Å². The zero-order valence-corrected chi connectivity index (χ0v) is 17.6. The Morgan fingerprint density at radius 1 is 1.25 bits per heavy atom. The van der Waals surface area contributed by atoms with Crippen LogP contribution in [0, 0.1) is 0 Å². The van der Waals surface area contributed by atoms with Crippen LogP contribution in [0.2, 0.25) is 0 Å². The number of nitrogens with one attached hydrogen (secondary N) is 2. The molecule has 0 aliphatic carbocycles. The monoisotopic (exact) mass is 412 g/mol. The number of rotatable bonds is 9. The van der Waals surface area contributed by atoms with Gasteiger partial charge in [0.25, 0.3) is 0 Å². The van der Waals surface area contributed by atoms with Crippen LogP contribution < -0.4 is 5.32 Å². The van der Waals surface area contributed by atoms with Gasteiger partial charge in [0.1, 0.15) is 5.82 Å². The van der Waals surface area contributed by atoms with Crippen LogP contribution in [0.15, 0.2) is 46.9 Å². The molecule has 0 radical (unpaired) electrons. The molecule has 2 N–H and O–H groups in total. The molecule has 5 nitrogen and oxygen atoms in total. The molecule has 3 rings (SSSR count). The van der Waals surface area contributed by atoms with Gasteiger partial charge in [-0.05, 0) is 47.1 Å². The number of nitrogens with zero attached hydrogens (tertiary/aromatic N) is 2. The first-order valence-electron chi connectivity index (χ1n) is 9.22. The van der Waals surface area contributed by atoms with Crippen LogP contribution >= 0.6 is 23.1 Å². The molecule has 0 aliphatic rings. The molecule has 0 saturated heterocycles. The number of hydrogen-bond donors (Lipinski definition) is 2. The summed E-state index contributed by atoms with van der Waals surface area (Å²) in [6.07, 6.45) is 4.70. The SMILES string of the molecule is CC(C)c1ccc(CCNC(=O)CSc2n[nH]c(/C=C/c3cccs3)n2)cc1. The van der Waals surface area contributed by atoms with Gasteiger partial charge in [-0.25, -0.2) is 4.98 Å². The second kappa shape index (κ2) is 10.2. The molecular weight excluding hydrogens is 388 g/mol. The van der Waals surface area contributed by atoms with Gasteiger partial charge in [-0.3, -0.25) is 9.89 Å². The number of thiophene rings is 1. The standard InChI is InChI=1S/C21H24N4OS2/c1-15(2)17-7-5-16(6-8-17)11-12-22-20(26)14-28-21-23-19(24-25-21)10-9-18-4-3-13-27-18/h3-10,13,15H,11-12,14H2,1-2H3,(H,22,26)(H,23,24,25)/b10-9+. The van der Waals surface area contributed by atoms with Crippen LogP contribution in [0.3, 0.4) is 0 Å². The van der Waals surface area contributed by atoms with E-state index in [9.17, 15) is 4.79 Å². The Morgan fingerprint density at radius 2 is 2.07 bits per heavy atom. The molecule has 3 aromatic rings. The maximum atomic E-state index is 12.0. The Hall–Kier alpha value is -2.38. The Kier molecular flexibility index (Phi) is 7.45. The van der Waals surface area contributed by atoms with E-state index in [0.717, 1.165) is 11.3 Å². The molecule has 28 heavy (non-hydrogen) atoms. The second-order valence-electron chi connectivity index (χ2n) is 6.64. The summed E-state index contributed by atoms with van der Waals surface area (Å²) in [7, 11) is 0. The molecule has 7 heteroatoms. The van der Waals surface area contributed by atoms with Gasteiger partial charge < -0.3 is 5.32 Å². The van der Waals surface area contributed by atoms with Gasteiger partial charge in [0.2, 0.25) is 11.1 Å². The summed E-state index contributed by atoms with van der Waals surface area (Å²) in [4.78, 5) is 17.5. The zero-order chi connectivity index (χ0) is 19.8. The zero-order valence-electron chi connectivity index (χ0n) is 16.0. The number of hydrogen-bond acceptors (Lipinski definition) is 5. The molecule has 0 fully saturated rings. The first kappa shape index (κ1) is 20.4. The minimum absolute atomic E-state index is 0.00993. The van der Waals surface area contributed by atoms with E-state index in [0.29, 0.717) is 29.2 Å². The predicted molar refractivity (Wildman–Crippen MR) is 118 cm³/mol. The number of thioether (sulfide) groups is 1. The van der Waals surface area contributed by atoms with Crippen LogP contribution in [0.25, 0.3) is 12.2 Å². The lowest BCUT2D eigenvalue weighted by Gasteiger charge is -2.07. The van der Waals surface area contributed by atoms with Gasteiger partial charge in [-0.2, -0.15) is 0 Å². The fraction of sp³-hybridized carbons (Fsp3) is 0.286. The molecule has 0 spiro atoms. The quantitative estimate of drug-likeness (QED) is 0.504. The molecule has 2 heterocycles. The third-order valence-corrected chi connectivity index (χ3v) is 5.83. The van der Waals surface area contributed by atoms with Crippen molar-refractivity contribution < 1.29 is 4.79 Å². The Bertz CT molecular complexity index is 899. The van der Waals surface area contributed by atoms with E-state index in [1.807, 2.05) is 29.7 Å². The third-order valence-electron chi connectivity index (χ3n) is 4.15. The van der Waals surface area contributed by atoms with Crippen molar-refractivity contribution in [1.82, 2.24) is 20.5 Å². The fourth-order valence-electron chi connectivity index (χ4n) is 2.54. The van der Waals surface area contributed by atoms with Crippen LogP contribution in [0.1, 0.15) is 41.6 Å². The fourth-order valence-corrected chi connectivity index (χ4v) is 3.79.